The molecular formula is C18H18Cl2N2O2. The van der Waals surface area contributed by atoms with Crippen LogP contribution in [0.5, 0.6) is 5.75 Å². The zero-order chi connectivity index (χ0) is 17.2. The van der Waals surface area contributed by atoms with Gasteiger partial charge in [-0.05, 0) is 48.7 Å². The Kier molecular flexibility index (Phi) is 4.88. The predicted molar refractivity (Wildman–Crippen MR) is 97.4 cm³/mol. The van der Waals surface area contributed by atoms with Crippen LogP contribution >= 0.6 is 23.2 Å². The van der Waals surface area contributed by atoms with Crippen molar-refractivity contribution in [3.05, 3.63) is 58.1 Å². The molecule has 4 nitrogen and oxygen atoms in total. The highest BCUT2D eigenvalue weighted by Crippen LogP contribution is 2.47. The van der Waals surface area contributed by atoms with Gasteiger partial charge in [0, 0.05) is 22.7 Å². The summed E-state index contributed by atoms with van der Waals surface area (Å²) < 4.78 is 5.09. The smallest absolute Gasteiger partial charge is 0.319 e. The molecule has 1 fully saturated rings. The van der Waals surface area contributed by atoms with Gasteiger partial charge in [0.2, 0.25) is 0 Å². The summed E-state index contributed by atoms with van der Waals surface area (Å²) in [7, 11) is 1.55. The Morgan fingerprint density at radius 3 is 2.46 bits per heavy atom. The number of methoxy groups -OCH3 is 1. The Morgan fingerprint density at radius 1 is 1.17 bits per heavy atom. The summed E-state index contributed by atoms with van der Waals surface area (Å²) in [6.45, 7) is 0.588. The summed E-state index contributed by atoms with van der Waals surface area (Å²) >= 11 is 12.0. The van der Waals surface area contributed by atoms with Gasteiger partial charge in [-0.2, -0.15) is 0 Å². The monoisotopic (exact) mass is 364 g/mol. The number of hydrogen-bond donors (Lipinski definition) is 2. The van der Waals surface area contributed by atoms with E-state index in [1.54, 1.807) is 25.3 Å². The maximum Gasteiger partial charge on any atom is 0.319 e. The van der Waals surface area contributed by atoms with E-state index < -0.39 is 0 Å². The van der Waals surface area contributed by atoms with E-state index in [4.69, 9.17) is 27.9 Å². The first-order valence-electron chi connectivity index (χ1n) is 7.67. The highest BCUT2D eigenvalue weighted by Gasteiger charge is 2.44. The minimum atomic E-state index is -0.253. The fraction of sp³-hybridized carbons (Fsp3) is 0.278. The van der Waals surface area contributed by atoms with Gasteiger partial charge in [-0.3, -0.25) is 0 Å². The lowest BCUT2D eigenvalue weighted by molar-refractivity contribution is 0.251. The molecule has 126 valence electrons. The summed E-state index contributed by atoms with van der Waals surface area (Å²) in [6, 6.07) is 12.7. The van der Waals surface area contributed by atoms with Crippen molar-refractivity contribution in [1.29, 1.82) is 0 Å². The van der Waals surface area contributed by atoms with Crippen molar-refractivity contribution in [3.8, 4) is 5.75 Å². The molecule has 1 aliphatic rings. The van der Waals surface area contributed by atoms with Crippen LogP contribution in [0, 0.1) is 0 Å². The molecule has 0 atom stereocenters. The van der Waals surface area contributed by atoms with Crippen molar-refractivity contribution in [2.45, 2.75) is 18.3 Å². The van der Waals surface area contributed by atoms with Crippen molar-refractivity contribution >= 4 is 34.9 Å². The molecule has 0 saturated heterocycles. The summed E-state index contributed by atoms with van der Waals surface area (Å²) in [5, 5.41) is 6.89. The number of amides is 2. The summed E-state index contributed by atoms with van der Waals surface area (Å²) in [5.74, 6) is 0.572. The molecule has 2 aromatic carbocycles. The first-order valence-corrected chi connectivity index (χ1v) is 8.42. The molecule has 3 rings (SSSR count). The Balaban J connectivity index is 1.58. The molecule has 2 N–H and O–H groups in total. The molecule has 0 heterocycles. The van der Waals surface area contributed by atoms with Crippen LogP contribution in [0.4, 0.5) is 10.5 Å². The molecule has 2 amide bonds. The SMILES string of the molecule is COc1ccc(NC(=O)NCC2(c3ccc(Cl)cc3)CC2)cc1Cl. The quantitative estimate of drug-likeness (QED) is 0.795. The average molecular weight is 365 g/mol. The molecule has 2 aromatic rings. The fourth-order valence-corrected chi connectivity index (χ4v) is 3.07. The van der Waals surface area contributed by atoms with Crippen LogP contribution in [0.1, 0.15) is 18.4 Å². The maximum absolute atomic E-state index is 12.1. The number of carbonyl (C=O) groups excluding carboxylic acids is 1. The third-order valence-electron chi connectivity index (χ3n) is 4.31. The van der Waals surface area contributed by atoms with E-state index in [1.807, 2.05) is 24.3 Å². The highest BCUT2D eigenvalue weighted by atomic mass is 35.5. The Hall–Kier alpha value is -1.91. The molecule has 0 unspecified atom stereocenters. The number of hydrogen-bond acceptors (Lipinski definition) is 2. The van der Waals surface area contributed by atoms with E-state index in [9.17, 15) is 4.79 Å². The molecular weight excluding hydrogens is 347 g/mol. The van der Waals surface area contributed by atoms with Crippen LogP contribution in [0.15, 0.2) is 42.5 Å². The Bertz CT molecular complexity index is 743. The number of benzene rings is 2. The van der Waals surface area contributed by atoms with Crippen LogP contribution in [0.25, 0.3) is 0 Å². The second kappa shape index (κ2) is 6.91. The zero-order valence-corrected chi connectivity index (χ0v) is 14.7. The van der Waals surface area contributed by atoms with E-state index in [0.717, 1.165) is 17.9 Å². The van der Waals surface area contributed by atoms with Gasteiger partial charge in [0.1, 0.15) is 5.75 Å². The largest absolute Gasteiger partial charge is 0.495 e. The number of carbonyl (C=O) groups is 1. The molecule has 0 spiro atoms. The van der Waals surface area contributed by atoms with Gasteiger partial charge in [-0.1, -0.05) is 35.3 Å². The van der Waals surface area contributed by atoms with Gasteiger partial charge in [0.05, 0.1) is 12.1 Å². The molecule has 24 heavy (non-hydrogen) atoms. The predicted octanol–water partition coefficient (Wildman–Crippen LogP) is 4.86. The summed E-state index contributed by atoms with van der Waals surface area (Å²) in [6.07, 6.45) is 2.12. The molecule has 1 aliphatic carbocycles. The van der Waals surface area contributed by atoms with E-state index in [0.29, 0.717) is 23.0 Å². The van der Waals surface area contributed by atoms with Gasteiger partial charge < -0.3 is 15.4 Å². The summed E-state index contributed by atoms with van der Waals surface area (Å²) in [4.78, 5) is 12.1. The van der Waals surface area contributed by atoms with Crippen LogP contribution in [-0.4, -0.2) is 19.7 Å². The highest BCUT2D eigenvalue weighted by molar-refractivity contribution is 6.32. The third-order valence-corrected chi connectivity index (χ3v) is 4.85. The van der Waals surface area contributed by atoms with E-state index in [2.05, 4.69) is 10.6 Å². The Labute approximate surface area is 151 Å². The number of ether oxygens (including phenoxy) is 1. The minimum absolute atomic E-state index is 0.0273. The number of nitrogens with one attached hydrogen (secondary N) is 2. The van der Waals surface area contributed by atoms with Crippen LogP contribution in [-0.2, 0) is 5.41 Å². The lowest BCUT2D eigenvalue weighted by atomic mass is 9.96. The third kappa shape index (κ3) is 3.77. The standard InChI is InChI=1S/C18H18Cl2N2O2/c1-24-16-7-6-14(10-15(16)20)22-17(23)21-11-18(8-9-18)12-2-4-13(19)5-3-12/h2-7,10H,8-9,11H2,1H3,(H2,21,22,23). The maximum atomic E-state index is 12.1. The number of urea groups is 1. The average Bonchev–Trinajstić information content (AvgIpc) is 3.35. The van der Waals surface area contributed by atoms with Gasteiger partial charge >= 0.3 is 6.03 Å². The van der Waals surface area contributed by atoms with Crippen molar-refractivity contribution in [3.63, 3.8) is 0 Å². The van der Waals surface area contributed by atoms with Crippen LogP contribution in [0.3, 0.4) is 0 Å². The lowest BCUT2D eigenvalue weighted by Crippen LogP contribution is -2.35. The molecule has 0 aromatic heterocycles. The Morgan fingerprint density at radius 2 is 1.88 bits per heavy atom. The molecule has 6 heteroatoms. The molecule has 1 saturated carbocycles. The van der Waals surface area contributed by atoms with Crippen LogP contribution < -0.4 is 15.4 Å². The normalized spacial score (nSPS) is 14.8. The zero-order valence-electron chi connectivity index (χ0n) is 13.2. The van der Waals surface area contributed by atoms with Crippen molar-refractivity contribution in [2.75, 3.05) is 19.0 Å². The number of anilines is 1. The molecule has 0 radical (unpaired) electrons. The van der Waals surface area contributed by atoms with E-state index in [-0.39, 0.29) is 11.4 Å². The van der Waals surface area contributed by atoms with Crippen molar-refractivity contribution in [1.82, 2.24) is 5.32 Å². The first-order chi connectivity index (χ1) is 11.5. The number of rotatable bonds is 5. The van der Waals surface area contributed by atoms with Gasteiger partial charge in [0.25, 0.3) is 0 Å². The first kappa shape index (κ1) is 16.9. The molecule has 0 aliphatic heterocycles. The van der Waals surface area contributed by atoms with Gasteiger partial charge in [-0.25, -0.2) is 4.79 Å². The summed E-state index contributed by atoms with van der Waals surface area (Å²) in [5.41, 5.74) is 1.86. The van der Waals surface area contributed by atoms with E-state index in [1.165, 1.54) is 5.56 Å². The molecule has 0 bridgehead atoms. The van der Waals surface area contributed by atoms with E-state index >= 15 is 0 Å². The fourth-order valence-electron chi connectivity index (χ4n) is 2.69. The second-order valence-corrected chi connectivity index (χ2v) is 6.79. The minimum Gasteiger partial charge on any atom is -0.495 e. The lowest BCUT2D eigenvalue weighted by Gasteiger charge is -2.17. The topological polar surface area (TPSA) is 50.4 Å². The van der Waals surface area contributed by atoms with Crippen LogP contribution in [0.2, 0.25) is 10.0 Å². The second-order valence-electron chi connectivity index (χ2n) is 5.94. The van der Waals surface area contributed by atoms with Gasteiger partial charge in [-0.15, -0.1) is 0 Å². The van der Waals surface area contributed by atoms with Crippen molar-refractivity contribution in [2.24, 2.45) is 0 Å². The van der Waals surface area contributed by atoms with Gasteiger partial charge in [0.15, 0.2) is 0 Å². The number of halogens is 2. The van der Waals surface area contributed by atoms with Crippen molar-refractivity contribution < 1.29 is 9.53 Å².